The van der Waals surface area contributed by atoms with E-state index < -0.39 is 0 Å². The number of methoxy groups -OCH3 is 1. The number of hydrogen-bond donors (Lipinski definition) is 5. The highest BCUT2D eigenvalue weighted by molar-refractivity contribution is 5.96. The quantitative estimate of drug-likeness (QED) is 0.169. The zero-order chi connectivity index (χ0) is 27.2. The molecular formula is C31H30O7. The zero-order valence-electron chi connectivity index (χ0n) is 21.0. The fourth-order valence-electron chi connectivity index (χ4n) is 4.61. The minimum absolute atomic E-state index is 0.0765. The Morgan fingerprint density at radius 3 is 2.00 bits per heavy atom. The first-order valence-electron chi connectivity index (χ1n) is 12.3. The SMILES string of the molecule is COc1cc(O)ccc1CC[C@@H](c1ccc(O)cc1)c1cc(CCC(=O)c2ccc(O)cc2)c(O)cc1O. The van der Waals surface area contributed by atoms with E-state index in [0.717, 1.165) is 11.1 Å². The molecule has 0 saturated carbocycles. The second-order valence-corrected chi connectivity index (χ2v) is 9.19. The number of phenols is 5. The van der Waals surface area contributed by atoms with Crippen LogP contribution in [-0.2, 0) is 12.8 Å². The van der Waals surface area contributed by atoms with Gasteiger partial charge in [0, 0.05) is 35.6 Å². The topological polar surface area (TPSA) is 127 Å². The Labute approximate surface area is 220 Å². The Bertz CT molecular complexity index is 1410. The molecule has 38 heavy (non-hydrogen) atoms. The van der Waals surface area contributed by atoms with E-state index in [2.05, 4.69) is 0 Å². The van der Waals surface area contributed by atoms with Crippen molar-refractivity contribution in [2.75, 3.05) is 7.11 Å². The molecular weight excluding hydrogens is 484 g/mol. The average molecular weight is 515 g/mol. The van der Waals surface area contributed by atoms with Gasteiger partial charge in [-0.05, 0) is 84.5 Å². The lowest BCUT2D eigenvalue weighted by Gasteiger charge is -2.21. The monoisotopic (exact) mass is 514 g/mol. The van der Waals surface area contributed by atoms with Crippen LogP contribution in [0.2, 0.25) is 0 Å². The number of aromatic hydroxyl groups is 5. The number of ketones is 1. The molecule has 0 amide bonds. The van der Waals surface area contributed by atoms with E-state index in [1.165, 1.54) is 25.3 Å². The molecule has 196 valence electrons. The van der Waals surface area contributed by atoms with Gasteiger partial charge in [0.15, 0.2) is 5.78 Å². The minimum atomic E-state index is -0.304. The molecule has 1 atom stereocenters. The van der Waals surface area contributed by atoms with Crippen molar-refractivity contribution in [1.82, 2.24) is 0 Å². The number of aryl methyl sites for hydroxylation is 2. The highest BCUT2D eigenvalue weighted by Gasteiger charge is 2.22. The first-order valence-corrected chi connectivity index (χ1v) is 12.3. The fourth-order valence-corrected chi connectivity index (χ4v) is 4.61. The molecule has 0 fully saturated rings. The summed E-state index contributed by atoms with van der Waals surface area (Å²) in [5, 5.41) is 50.5. The van der Waals surface area contributed by atoms with Crippen LogP contribution in [0.25, 0.3) is 0 Å². The molecule has 0 aliphatic heterocycles. The molecule has 7 heteroatoms. The summed E-state index contributed by atoms with van der Waals surface area (Å²) in [5.41, 5.74) is 3.31. The maximum Gasteiger partial charge on any atom is 0.163 e. The lowest BCUT2D eigenvalue weighted by molar-refractivity contribution is 0.0982. The van der Waals surface area contributed by atoms with Crippen molar-refractivity contribution in [3.8, 4) is 34.5 Å². The summed E-state index contributed by atoms with van der Waals surface area (Å²) in [7, 11) is 1.53. The number of carbonyl (C=O) groups is 1. The molecule has 0 saturated heterocycles. The van der Waals surface area contributed by atoms with Gasteiger partial charge in [0.05, 0.1) is 7.11 Å². The van der Waals surface area contributed by atoms with Crippen LogP contribution in [0.3, 0.4) is 0 Å². The molecule has 0 spiro atoms. The third-order valence-electron chi connectivity index (χ3n) is 6.68. The number of ether oxygens (including phenoxy) is 1. The number of hydrogen-bond acceptors (Lipinski definition) is 7. The summed E-state index contributed by atoms with van der Waals surface area (Å²) >= 11 is 0. The van der Waals surface area contributed by atoms with Crippen molar-refractivity contribution in [2.45, 2.75) is 31.6 Å². The molecule has 0 radical (unpaired) electrons. The first kappa shape index (κ1) is 26.4. The van der Waals surface area contributed by atoms with Gasteiger partial charge in [-0.3, -0.25) is 4.79 Å². The molecule has 5 N–H and O–H groups in total. The van der Waals surface area contributed by atoms with Gasteiger partial charge in [0.1, 0.15) is 34.5 Å². The van der Waals surface area contributed by atoms with Gasteiger partial charge >= 0.3 is 0 Å². The summed E-state index contributed by atoms with van der Waals surface area (Å²) in [4.78, 5) is 12.7. The van der Waals surface area contributed by atoms with E-state index >= 15 is 0 Å². The fraction of sp³-hybridized carbons (Fsp3) is 0.194. The van der Waals surface area contributed by atoms with Crippen molar-refractivity contribution in [2.24, 2.45) is 0 Å². The number of rotatable bonds is 10. The number of benzene rings is 4. The number of Topliss-reactive ketones (excluding diaryl/α,β-unsaturated/α-hetero) is 1. The molecule has 0 aliphatic carbocycles. The third-order valence-corrected chi connectivity index (χ3v) is 6.68. The summed E-state index contributed by atoms with van der Waals surface area (Å²) < 4.78 is 5.42. The predicted molar refractivity (Wildman–Crippen MR) is 143 cm³/mol. The molecule has 0 heterocycles. The van der Waals surface area contributed by atoms with Gasteiger partial charge < -0.3 is 30.3 Å². The van der Waals surface area contributed by atoms with Crippen molar-refractivity contribution in [1.29, 1.82) is 0 Å². The molecule has 7 nitrogen and oxygen atoms in total. The Morgan fingerprint density at radius 2 is 1.34 bits per heavy atom. The van der Waals surface area contributed by atoms with Crippen LogP contribution >= 0.6 is 0 Å². The van der Waals surface area contributed by atoms with Gasteiger partial charge in [0.2, 0.25) is 0 Å². The van der Waals surface area contributed by atoms with Crippen LogP contribution in [0.1, 0.15) is 51.4 Å². The molecule has 0 aromatic heterocycles. The second kappa shape index (κ2) is 11.6. The van der Waals surface area contributed by atoms with Crippen LogP contribution < -0.4 is 4.74 Å². The van der Waals surface area contributed by atoms with Crippen LogP contribution in [0.4, 0.5) is 0 Å². The molecule has 0 aliphatic rings. The van der Waals surface area contributed by atoms with Crippen molar-refractivity contribution >= 4 is 5.78 Å². The largest absolute Gasteiger partial charge is 0.508 e. The lowest BCUT2D eigenvalue weighted by atomic mass is 9.84. The van der Waals surface area contributed by atoms with E-state index in [-0.39, 0.29) is 53.3 Å². The smallest absolute Gasteiger partial charge is 0.163 e. The van der Waals surface area contributed by atoms with E-state index in [1.807, 2.05) is 0 Å². The van der Waals surface area contributed by atoms with Crippen LogP contribution in [-0.4, -0.2) is 38.4 Å². The summed E-state index contributed by atoms with van der Waals surface area (Å²) in [6, 6.07) is 20.7. The highest BCUT2D eigenvalue weighted by Crippen LogP contribution is 2.40. The minimum Gasteiger partial charge on any atom is -0.508 e. The summed E-state index contributed by atoms with van der Waals surface area (Å²) in [5.74, 6) is 0.237. The van der Waals surface area contributed by atoms with E-state index in [4.69, 9.17) is 4.74 Å². The van der Waals surface area contributed by atoms with Crippen LogP contribution in [0.5, 0.6) is 34.5 Å². The Kier molecular flexibility index (Phi) is 8.06. The Morgan fingerprint density at radius 1 is 0.711 bits per heavy atom. The van der Waals surface area contributed by atoms with Gasteiger partial charge in [-0.2, -0.15) is 0 Å². The number of phenolic OH excluding ortho intramolecular Hbond substituents is 5. The summed E-state index contributed by atoms with van der Waals surface area (Å²) in [6.07, 6.45) is 1.50. The molecule has 4 aromatic rings. The third kappa shape index (κ3) is 6.18. The van der Waals surface area contributed by atoms with Gasteiger partial charge in [-0.15, -0.1) is 0 Å². The van der Waals surface area contributed by atoms with E-state index in [1.54, 1.807) is 60.7 Å². The van der Waals surface area contributed by atoms with Gasteiger partial charge in [-0.25, -0.2) is 0 Å². The summed E-state index contributed by atoms with van der Waals surface area (Å²) in [6.45, 7) is 0. The molecule has 4 rings (SSSR count). The molecule has 0 unspecified atom stereocenters. The zero-order valence-corrected chi connectivity index (χ0v) is 21.0. The van der Waals surface area contributed by atoms with Crippen molar-refractivity contribution < 1.29 is 35.1 Å². The second-order valence-electron chi connectivity index (χ2n) is 9.19. The lowest BCUT2D eigenvalue weighted by Crippen LogP contribution is -2.06. The standard InChI is InChI=1S/C31H30O7/c1-38-31-17-25(34)13-6-21(31)7-14-26(19-2-9-23(32)10-3-19)27-16-22(29(36)18-30(27)37)8-15-28(35)20-4-11-24(33)12-5-20/h2-6,9-13,16-18,26,32-34,36-37H,7-8,14-15H2,1H3/t26-/m0/s1. The highest BCUT2D eigenvalue weighted by atomic mass is 16.5. The van der Waals surface area contributed by atoms with Gasteiger partial charge in [-0.1, -0.05) is 18.2 Å². The van der Waals surface area contributed by atoms with Crippen molar-refractivity contribution in [3.63, 3.8) is 0 Å². The predicted octanol–water partition coefficient (Wildman–Crippen LogP) is 5.80. The normalized spacial score (nSPS) is 11.7. The van der Waals surface area contributed by atoms with Crippen molar-refractivity contribution in [3.05, 3.63) is 107 Å². The maximum absolute atomic E-state index is 12.7. The van der Waals surface area contributed by atoms with Crippen LogP contribution in [0, 0.1) is 0 Å². The van der Waals surface area contributed by atoms with E-state index in [0.29, 0.717) is 35.3 Å². The Hall–Kier alpha value is -4.65. The first-order chi connectivity index (χ1) is 18.2. The van der Waals surface area contributed by atoms with E-state index in [9.17, 15) is 30.3 Å². The maximum atomic E-state index is 12.7. The molecule has 0 bridgehead atoms. The average Bonchev–Trinajstić information content (AvgIpc) is 2.90. The number of carbonyl (C=O) groups excluding carboxylic acids is 1. The Balaban J connectivity index is 1.63. The van der Waals surface area contributed by atoms with Crippen LogP contribution in [0.15, 0.2) is 78.9 Å². The molecule has 4 aromatic carbocycles. The van der Waals surface area contributed by atoms with Gasteiger partial charge in [0.25, 0.3) is 0 Å².